The maximum absolute atomic E-state index is 13.3. The number of ether oxygens (including phenoxy) is 3. The van der Waals surface area contributed by atoms with E-state index in [1.165, 1.54) is 4.90 Å². The maximum Gasteiger partial charge on any atom is 0.338 e. The number of carbonyl (C=O) groups is 2. The molecule has 35 heavy (non-hydrogen) atoms. The van der Waals surface area contributed by atoms with Crippen molar-refractivity contribution in [3.05, 3.63) is 59.7 Å². The minimum atomic E-state index is -1.73. The van der Waals surface area contributed by atoms with Crippen molar-refractivity contribution in [2.24, 2.45) is 5.73 Å². The Labute approximate surface area is 207 Å². The van der Waals surface area contributed by atoms with Crippen LogP contribution >= 0.6 is 0 Å². The van der Waals surface area contributed by atoms with Gasteiger partial charge in [0.25, 0.3) is 5.91 Å². The van der Waals surface area contributed by atoms with E-state index < -0.39 is 29.7 Å². The van der Waals surface area contributed by atoms with Crippen molar-refractivity contribution in [2.75, 3.05) is 18.1 Å². The van der Waals surface area contributed by atoms with Crippen molar-refractivity contribution in [3.8, 4) is 5.75 Å². The van der Waals surface area contributed by atoms with Gasteiger partial charge in [-0.2, -0.15) is 0 Å². The standard InChI is InChI=1S/C27H36N2O6/c1-17(18(2)28)20-13-21(15-22(14-20)34-16-19-9-7-6-8-10-19)29-11-12-33-24(25(29)31)23(30)26(32)35-27(3,4)5/h6-10,13-15,17-18,23-24,30H,11-12,16,28H2,1-5H3. The molecule has 4 atom stereocenters. The molecule has 1 saturated heterocycles. The van der Waals surface area contributed by atoms with Gasteiger partial charge in [0.15, 0.2) is 12.2 Å². The van der Waals surface area contributed by atoms with Gasteiger partial charge in [0, 0.05) is 24.3 Å². The molecule has 190 valence electrons. The monoisotopic (exact) mass is 484 g/mol. The van der Waals surface area contributed by atoms with Crippen LogP contribution in [0.2, 0.25) is 0 Å². The molecule has 1 heterocycles. The number of nitrogens with two attached hydrogens (primary N) is 1. The highest BCUT2D eigenvalue weighted by atomic mass is 16.6. The number of esters is 1. The lowest BCUT2D eigenvalue weighted by Crippen LogP contribution is -2.55. The molecule has 2 aromatic rings. The minimum absolute atomic E-state index is 0.00770. The van der Waals surface area contributed by atoms with Crippen LogP contribution in [0.4, 0.5) is 5.69 Å². The van der Waals surface area contributed by atoms with Gasteiger partial charge in [0.05, 0.1) is 6.61 Å². The molecule has 1 fully saturated rings. The minimum Gasteiger partial charge on any atom is -0.489 e. The summed E-state index contributed by atoms with van der Waals surface area (Å²) in [5, 5.41) is 10.5. The van der Waals surface area contributed by atoms with Crippen LogP contribution in [0, 0.1) is 0 Å². The summed E-state index contributed by atoms with van der Waals surface area (Å²) < 4.78 is 16.8. The van der Waals surface area contributed by atoms with Crippen molar-refractivity contribution < 1.29 is 28.9 Å². The fourth-order valence-electron chi connectivity index (χ4n) is 3.73. The van der Waals surface area contributed by atoms with Crippen molar-refractivity contribution >= 4 is 17.6 Å². The normalized spacial score (nSPS) is 19.1. The lowest BCUT2D eigenvalue weighted by atomic mass is 9.94. The molecule has 3 rings (SSSR count). The number of carbonyl (C=O) groups excluding carboxylic acids is 2. The molecule has 0 spiro atoms. The van der Waals surface area contributed by atoms with Gasteiger partial charge in [0.2, 0.25) is 0 Å². The topological polar surface area (TPSA) is 111 Å². The maximum atomic E-state index is 13.3. The summed E-state index contributed by atoms with van der Waals surface area (Å²) in [4.78, 5) is 27.2. The summed E-state index contributed by atoms with van der Waals surface area (Å²) in [5.74, 6) is -0.816. The number of aliphatic hydroxyl groups is 1. The SMILES string of the molecule is CC(N)C(C)c1cc(OCc2ccccc2)cc(N2CCOC(C(O)C(=O)OC(C)(C)C)C2=O)c1. The lowest BCUT2D eigenvalue weighted by Gasteiger charge is -2.35. The van der Waals surface area contributed by atoms with Gasteiger partial charge >= 0.3 is 5.97 Å². The Hall–Kier alpha value is -2.94. The van der Waals surface area contributed by atoms with Crippen molar-refractivity contribution in [1.29, 1.82) is 0 Å². The number of rotatable bonds is 8. The Bertz CT molecular complexity index is 1020. The van der Waals surface area contributed by atoms with Crippen LogP contribution < -0.4 is 15.4 Å². The molecule has 8 heteroatoms. The molecule has 4 unspecified atom stereocenters. The third-order valence-electron chi connectivity index (χ3n) is 5.84. The highest BCUT2D eigenvalue weighted by Gasteiger charge is 2.41. The molecule has 0 bridgehead atoms. The van der Waals surface area contributed by atoms with E-state index in [9.17, 15) is 14.7 Å². The third kappa shape index (κ3) is 7.04. The summed E-state index contributed by atoms with van der Waals surface area (Å²) >= 11 is 0. The van der Waals surface area contributed by atoms with Crippen LogP contribution in [-0.4, -0.2) is 54.0 Å². The Balaban J connectivity index is 1.87. The summed E-state index contributed by atoms with van der Waals surface area (Å²) in [7, 11) is 0. The highest BCUT2D eigenvalue weighted by molar-refractivity contribution is 6.00. The molecule has 0 saturated carbocycles. The van der Waals surface area contributed by atoms with Gasteiger partial charge < -0.3 is 30.0 Å². The number of anilines is 1. The van der Waals surface area contributed by atoms with Gasteiger partial charge in [-0.05, 0) is 56.9 Å². The summed E-state index contributed by atoms with van der Waals surface area (Å²) in [6.07, 6.45) is -3.09. The fraction of sp³-hybridized carbons (Fsp3) is 0.481. The van der Waals surface area contributed by atoms with E-state index in [4.69, 9.17) is 19.9 Å². The highest BCUT2D eigenvalue weighted by Crippen LogP contribution is 2.32. The van der Waals surface area contributed by atoms with Crippen LogP contribution in [0.1, 0.15) is 51.7 Å². The molecule has 3 N–H and O–H groups in total. The Morgan fingerprint density at radius 2 is 1.89 bits per heavy atom. The number of aliphatic hydroxyl groups excluding tert-OH is 1. The van der Waals surface area contributed by atoms with E-state index in [2.05, 4.69) is 0 Å². The predicted molar refractivity (Wildman–Crippen MR) is 133 cm³/mol. The first-order valence-corrected chi connectivity index (χ1v) is 11.9. The summed E-state index contributed by atoms with van der Waals surface area (Å²) in [6.45, 7) is 9.80. The van der Waals surface area contributed by atoms with E-state index >= 15 is 0 Å². The lowest BCUT2D eigenvalue weighted by molar-refractivity contribution is -0.177. The van der Waals surface area contributed by atoms with Crippen molar-refractivity contribution in [2.45, 2.75) is 71.0 Å². The Kier molecular flexibility index (Phi) is 8.53. The van der Waals surface area contributed by atoms with E-state index in [-0.39, 0.29) is 25.1 Å². The number of amides is 1. The summed E-state index contributed by atoms with van der Waals surface area (Å²) in [6, 6.07) is 15.3. The van der Waals surface area contributed by atoms with E-state index in [0.29, 0.717) is 18.0 Å². The second-order valence-corrected chi connectivity index (χ2v) is 9.94. The second-order valence-electron chi connectivity index (χ2n) is 9.94. The number of hydrogen-bond acceptors (Lipinski definition) is 7. The molecule has 8 nitrogen and oxygen atoms in total. The zero-order valence-corrected chi connectivity index (χ0v) is 21.1. The molecule has 1 amide bonds. The molecular formula is C27H36N2O6. The quantitative estimate of drug-likeness (QED) is 0.554. The first-order chi connectivity index (χ1) is 16.5. The third-order valence-corrected chi connectivity index (χ3v) is 5.84. The number of benzene rings is 2. The molecule has 1 aliphatic heterocycles. The van der Waals surface area contributed by atoms with Gasteiger partial charge in [-0.15, -0.1) is 0 Å². The smallest absolute Gasteiger partial charge is 0.338 e. The first kappa shape index (κ1) is 26.7. The molecule has 2 aromatic carbocycles. The molecule has 0 radical (unpaired) electrons. The van der Waals surface area contributed by atoms with E-state index in [1.807, 2.05) is 56.3 Å². The largest absolute Gasteiger partial charge is 0.489 e. The van der Waals surface area contributed by atoms with Gasteiger partial charge in [-0.25, -0.2) is 4.79 Å². The average Bonchev–Trinajstić information content (AvgIpc) is 2.81. The van der Waals surface area contributed by atoms with Crippen molar-refractivity contribution in [1.82, 2.24) is 0 Å². The molecule has 0 aromatic heterocycles. The fourth-order valence-corrected chi connectivity index (χ4v) is 3.73. The molecule has 1 aliphatic rings. The zero-order chi connectivity index (χ0) is 25.8. The number of nitrogens with zero attached hydrogens (tertiary/aromatic N) is 1. The van der Waals surface area contributed by atoms with Crippen LogP contribution in [0.5, 0.6) is 5.75 Å². The summed E-state index contributed by atoms with van der Waals surface area (Å²) in [5.41, 5.74) is 7.88. The molecule has 0 aliphatic carbocycles. The first-order valence-electron chi connectivity index (χ1n) is 11.9. The van der Waals surface area contributed by atoms with E-state index in [1.54, 1.807) is 26.8 Å². The van der Waals surface area contributed by atoms with Crippen molar-refractivity contribution in [3.63, 3.8) is 0 Å². The molecular weight excluding hydrogens is 448 g/mol. The van der Waals surface area contributed by atoms with Crippen LogP contribution in [0.3, 0.4) is 0 Å². The van der Waals surface area contributed by atoms with Crippen LogP contribution in [-0.2, 0) is 25.7 Å². The van der Waals surface area contributed by atoms with Gasteiger partial charge in [0.1, 0.15) is 18.0 Å². The average molecular weight is 485 g/mol. The van der Waals surface area contributed by atoms with Gasteiger partial charge in [-0.1, -0.05) is 37.3 Å². The van der Waals surface area contributed by atoms with Crippen LogP contribution in [0.25, 0.3) is 0 Å². The van der Waals surface area contributed by atoms with Crippen LogP contribution in [0.15, 0.2) is 48.5 Å². The predicted octanol–water partition coefficient (Wildman–Crippen LogP) is 3.15. The van der Waals surface area contributed by atoms with Gasteiger partial charge in [-0.3, -0.25) is 4.79 Å². The Morgan fingerprint density at radius 3 is 2.51 bits per heavy atom. The van der Waals surface area contributed by atoms with E-state index in [0.717, 1.165) is 11.1 Å². The zero-order valence-electron chi connectivity index (χ0n) is 21.1. The number of morpholine rings is 1. The second kappa shape index (κ2) is 11.2. The number of hydrogen-bond donors (Lipinski definition) is 2. The Morgan fingerprint density at radius 1 is 1.20 bits per heavy atom.